The predicted molar refractivity (Wildman–Crippen MR) is 66.9 cm³/mol. The molecule has 1 saturated heterocycles. The van der Waals surface area contributed by atoms with Crippen LogP contribution in [0.15, 0.2) is 0 Å². The third kappa shape index (κ3) is 3.60. The molecule has 1 aliphatic carbocycles. The third-order valence-electron chi connectivity index (χ3n) is 3.34. The molecule has 1 saturated carbocycles. The molecular weight excluding hydrogens is 216 g/mol. The van der Waals surface area contributed by atoms with E-state index >= 15 is 0 Å². The normalized spacial score (nSPS) is 23.2. The number of hydrogen-bond acceptors (Lipinski definition) is 3. The Hall–Kier alpha value is -0.770. The van der Waals surface area contributed by atoms with Crippen LogP contribution >= 0.6 is 0 Å². The molecule has 1 amide bonds. The molecule has 98 valence electrons. The maximum atomic E-state index is 11.7. The van der Waals surface area contributed by atoms with Gasteiger partial charge in [0.05, 0.1) is 0 Å². The number of nitrogens with one attached hydrogen (secondary N) is 1. The van der Waals surface area contributed by atoms with Crippen LogP contribution in [-0.4, -0.2) is 41.8 Å². The van der Waals surface area contributed by atoms with Gasteiger partial charge in [-0.25, -0.2) is 4.79 Å². The molecule has 1 aliphatic heterocycles. The van der Waals surface area contributed by atoms with Crippen molar-refractivity contribution in [2.45, 2.75) is 58.2 Å². The Morgan fingerprint density at radius 2 is 1.94 bits per heavy atom. The first-order valence-electron chi connectivity index (χ1n) is 6.59. The zero-order chi connectivity index (χ0) is 12.6. The van der Waals surface area contributed by atoms with Crippen molar-refractivity contribution >= 4 is 6.09 Å². The Balaban J connectivity index is 1.68. The maximum absolute atomic E-state index is 11.7. The number of likely N-dealkylation sites (tertiary alicyclic amines) is 1. The molecule has 0 aromatic rings. The molecule has 17 heavy (non-hydrogen) atoms. The van der Waals surface area contributed by atoms with Crippen molar-refractivity contribution in [3.63, 3.8) is 0 Å². The van der Waals surface area contributed by atoms with E-state index < -0.39 is 0 Å². The zero-order valence-corrected chi connectivity index (χ0v) is 11.3. The van der Waals surface area contributed by atoms with Crippen molar-refractivity contribution < 1.29 is 9.53 Å². The van der Waals surface area contributed by atoms with Crippen LogP contribution in [0.4, 0.5) is 4.79 Å². The van der Waals surface area contributed by atoms with Gasteiger partial charge >= 0.3 is 6.09 Å². The SMILES string of the molecule is CC(NC1CC1)C1CN(C(=O)OC(C)(C)C)C1. The monoisotopic (exact) mass is 240 g/mol. The summed E-state index contributed by atoms with van der Waals surface area (Å²) in [6.07, 6.45) is 2.45. The first-order chi connectivity index (χ1) is 7.85. The molecule has 0 radical (unpaired) electrons. The van der Waals surface area contributed by atoms with E-state index in [0.717, 1.165) is 19.1 Å². The van der Waals surface area contributed by atoms with Gasteiger partial charge in [0, 0.05) is 31.1 Å². The molecule has 2 aliphatic rings. The Bertz CT molecular complexity index is 288. The summed E-state index contributed by atoms with van der Waals surface area (Å²) in [5.74, 6) is 0.586. The molecule has 0 bridgehead atoms. The minimum atomic E-state index is -0.389. The summed E-state index contributed by atoms with van der Waals surface area (Å²) in [4.78, 5) is 13.5. The fourth-order valence-corrected chi connectivity index (χ4v) is 2.06. The zero-order valence-electron chi connectivity index (χ0n) is 11.3. The van der Waals surface area contributed by atoms with Gasteiger partial charge in [0.15, 0.2) is 0 Å². The Morgan fingerprint density at radius 1 is 1.35 bits per heavy atom. The lowest BCUT2D eigenvalue weighted by molar-refractivity contribution is -0.00577. The fourth-order valence-electron chi connectivity index (χ4n) is 2.06. The van der Waals surface area contributed by atoms with E-state index in [0.29, 0.717) is 12.0 Å². The molecule has 2 rings (SSSR count). The molecule has 0 aromatic carbocycles. The second-order valence-electron chi connectivity index (χ2n) is 6.38. The number of rotatable bonds is 3. The van der Waals surface area contributed by atoms with Gasteiger partial charge in [-0.15, -0.1) is 0 Å². The Kier molecular flexibility index (Phi) is 3.34. The Labute approximate surface area is 104 Å². The predicted octanol–water partition coefficient (Wildman–Crippen LogP) is 1.99. The lowest BCUT2D eigenvalue weighted by Gasteiger charge is -2.42. The number of carbonyl (C=O) groups excluding carboxylic acids is 1. The highest BCUT2D eigenvalue weighted by atomic mass is 16.6. The molecule has 2 fully saturated rings. The molecule has 1 unspecified atom stereocenters. The van der Waals surface area contributed by atoms with Crippen molar-refractivity contribution in [2.75, 3.05) is 13.1 Å². The van der Waals surface area contributed by atoms with Gasteiger partial charge in [-0.1, -0.05) is 0 Å². The molecule has 1 atom stereocenters. The number of amides is 1. The third-order valence-corrected chi connectivity index (χ3v) is 3.34. The van der Waals surface area contributed by atoms with Gasteiger partial charge in [0.25, 0.3) is 0 Å². The van der Waals surface area contributed by atoms with E-state index in [1.807, 2.05) is 20.8 Å². The highest BCUT2D eigenvalue weighted by molar-refractivity contribution is 5.69. The van der Waals surface area contributed by atoms with Crippen LogP contribution in [0.1, 0.15) is 40.5 Å². The van der Waals surface area contributed by atoms with E-state index in [1.54, 1.807) is 4.90 Å². The lowest BCUT2D eigenvalue weighted by atomic mass is 9.93. The van der Waals surface area contributed by atoms with Gasteiger partial charge in [-0.2, -0.15) is 0 Å². The van der Waals surface area contributed by atoms with E-state index in [9.17, 15) is 4.79 Å². The fraction of sp³-hybridized carbons (Fsp3) is 0.923. The molecule has 1 N–H and O–H groups in total. The first-order valence-corrected chi connectivity index (χ1v) is 6.59. The topological polar surface area (TPSA) is 41.6 Å². The molecule has 0 aromatic heterocycles. The largest absolute Gasteiger partial charge is 0.444 e. The van der Waals surface area contributed by atoms with Gasteiger partial charge in [-0.05, 0) is 40.5 Å². The average Bonchev–Trinajstić information content (AvgIpc) is 2.80. The summed E-state index contributed by atoms with van der Waals surface area (Å²) in [6.45, 7) is 9.58. The molecule has 1 heterocycles. The smallest absolute Gasteiger partial charge is 0.410 e. The van der Waals surface area contributed by atoms with Crippen LogP contribution in [0.3, 0.4) is 0 Å². The highest BCUT2D eigenvalue weighted by Gasteiger charge is 2.38. The van der Waals surface area contributed by atoms with E-state index in [-0.39, 0.29) is 11.7 Å². The minimum absolute atomic E-state index is 0.174. The molecule has 0 spiro atoms. The van der Waals surface area contributed by atoms with Crippen LogP contribution < -0.4 is 5.32 Å². The van der Waals surface area contributed by atoms with Crippen molar-refractivity contribution in [1.82, 2.24) is 10.2 Å². The van der Waals surface area contributed by atoms with E-state index in [4.69, 9.17) is 4.74 Å². The van der Waals surface area contributed by atoms with Crippen molar-refractivity contribution in [3.8, 4) is 0 Å². The number of carbonyl (C=O) groups is 1. The van der Waals surface area contributed by atoms with Crippen LogP contribution in [-0.2, 0) is 4.74 Å². The summed E-state index contributed by atoms with van der Waals surface area (Å²) < 4.78 is 5.33. The number of nitrogens with zero attached hydrogens (tertiary/aromatic N) is 1. The molecule has 4 heteroatoms. The van der Waals surface area contributed by atoms with Crippen molar-refractivity contribution in [3.05, 3.63) is 0 Å². The summed E-state index contributed by atoms with van der Waals surface area (Å²) in [5.41, 5.74) is -0.389. The summed E-state index contributed by atoms with van der Waals surface area (Å²) >= 11 is 0. The first kappa shape index (κ1) is 12.7. The minimum Gasteiger partial charge on any atom is -0.444 e. The summed E-state index contributed by atoms with van der Waals surface area (Å²) in [7, 11) is 0. The van der Waals surface area contributed by atoms with Gasteiger partial charge < -0.3 is 15.0 Å². The van der Waals surface area contributed by atoms with Crippen molar-refractivity contribution in [2.24, 2.45) is 5.92 Å². The molecule has 4 nitrogen and oxygen atoms in total. The van der Waals surface area contributed by atoms with E-state index in [2.05, 4.69) is 12.2 Å². The number of hydrogen-bond donors (Lipinski definition) is 1. The van der Waals surface area contributed by atoms with E-state index in [1.165, 1.54) is 12.8 Å². The summed E-state index contributed by atoms with van der Waals surface area (Å²) in [6, 6.07) is 1.25. The van der Waals surface area contributed by atoms with Gasteiger partial charge in [0.1, 0.15) is 5.60 Å². The maximum Gasteiger partial charge on any atom is 0.410 e. The number of ether oxygens (including phenoxy) is 1. The van der Waals surface area contributed by atoms with Crippen molar-refractivity contribution in [1.29, 1.82) is 0 Å². The molecular formula is C13H24N2O2. The van der Waals surface area contributed by atoms with Gasteiger partial charge in [-0.3, -0.25) is 0 Å². The second-order valence-corrected chi connectivity index (χ2v) is 6.38. The summed E-state index contributed by atoms with van der Waals surface area (Å²) in [5, 5.41) is 3.58. The Morgan fingerprint density at radius 3 is 2.41 bits per heavy atom. The standard InChI is InChI=1S/C13H24N2O2/c1-9(14-11-5-6-11)10-7-15(8-10)12(16)17-13(2,3)4/h9-11,14H,5-8H2,1-4H3. The van der Waals surface area contributed by atoms with Crippen LogP contribution in [0.25, 0.3) is 0 Å². The van der Waals surface area contributed by atoms with Crippen LogP contribution in [0.5, 0.6) is 0 Å². The lowest BCUT2D eigenvalue weighted by Crippen LogP contribution is -2.57. The highest BCUT2D eigenvalue weighted by Crippen LogP contribution is 2.25. The van der Waals surface area contributed by atoms with Gasteiger partial charge in [0.2, 0.25) is 0 Å². The second kappa shape index (κ2) is 4.48. The quantitative estimate of drug-likeness (QED) is 0.820. The van der Waals surface area contributed by atoms with Crippen LogP contribution in [0.2, 0.25) is 0 Å². The average molecular weight is 240 g/mol. The van der Waals surface area contributed by atoms with Crippen LogP contribution in [0, 0.1) is 5.92 Å².